The second-order valence-corrected chi connectivity index (χ2v) is 5.06. The molecule has 2 heteroatoms. The van der Waals surface area contributed by atoms with Crippen molar-refractivity contribution in [3.05, 3.63) is 34.9 Å². The topological polar surface area (TPSA) is 29.1 Å². The van der Waals surface area contributed by atoms with Crippen molar-refractivity contribution >= 4 is 5.78 Å². The molecule has 1 saturated carbocycles. The lowest BCUT2D eigenvalue weighted by Crippen LogP contribution is -2.41. The van der Waals surface area contributed by atoms with Gasteiger partial charge in [0.1, 0.15) is 0 Å². The van der Waals surface area contributed by atoms with Gasteiger partial charge in [-0.15, -0.1) is 0 Å². The number of ketones is 1. The zero-order valence-electron chi connectivity index (χ0n) is 9.62. The Bertz CT molecular complexity index is 434. The lowest BCUT2D eigenvalue weighted by molar-refractivity contribution is 0.0927. The first-order valence-corrected chi connectivity index (χ1v) is 6.14. The number of hydrogen-bond donors (Lipinski definition) is 1. The number of aryl methyl sites for hydroxylation is 2. The normalized spacial score (nSPS) is 24.3. The smallest absolute Gasteiger partial charge is 0.180 e. The van der Waals surface area contributed by atoms with Crippen molar-refractivity contribution in [1.29, 1.82) is 0 Å². The third-order valence-corrected chi connectivity index (χ3v) is 3.56. The van der Waals surface area contributed by atoms with Crippen molar-refractivity contribution in [3.63, 3.8) is 0 Å². The molecule has 1 aromatic rings. The van der Waals surface area contributed by atoms with E-state index < -0.39 is 0 Å². The molecule has 1 fully saturated rings. The lowest BCUT2D eigenvalue weighted by atomic mass is 9.86. The number of carbonyl (C=O) groups is 1. The van der Waals surface area contributed by atoms with E-state index in [0.717, 1.165) is 18.4 Å². The SMILES string of the molecule is Cc1ccc2c(c1)C(=O)C(NC1CC1)CC2. The standard InChI is InChI=1S/C14H17NO/c1-9-2-3-10-4-7-13(15-11-5-6-11)14(16)12(10)8-9/h2-3,8,11,13,15H,4-7H2,1H3. The van der Waals surface area contributed by atoms with Crippen LogP contribution in [-0.2, 0) is 6.42 Å². The van der Waals surface area contributed by atoms with Crippen molar-refractivity contribution in [2.24, 2.45) is 0 Å². The highest BCUT2D eigenvalue weighted by molar-refractivity contribution is 6.02. The summed E-state index contributed by atoms with van der Waals surface area (Å²) in [5, 5.41) is 3.45. The van der Waals surface area contributed by atoms with Crippen molar-refractivity contribution in [2.75, 3.05) is 0 Å². The van der Waals surface area contributed by atoms with Crippen LogP contribution >= 0.6 is 0 Å². The van der Waals surface area contributed by atoms with E-state index >= 15 is 0 Å². The number of hydrogen-bond acceptors (Lipinski definition) is 2. The molecule has 0 aromatic heterocycles. The van der Waals surface area contributed by atoms with Gasteiger partial charge in [-0.25, -0.2) is 0 Å². The first-order valence-electron chi connectivity index (χ1n) is 6.14. The minimum atomic E-state index is 0.0711. The molecular weight excluding hydrogens is 198 g/mol. The van der Waals surface area contributed by atoms with Crippen LogP contribution in [0.3, 0.4) is 0 Å². The quantitative estimate of drug-likeness (QED) is 0.819. The Morgan fingerprint density at radius 1 is 1.25 bits per heavy atom. The monoisotopic (exact) mass is 215 g/mol. The zero-order chi connectivity index (χ0) is 11.1. The molecule has 1 aromatic carbocycles. The molecule has 2 aliphatic carbocycles. The fourth-order valence-electron chi connectivity index (χ4n) is 2.45. The van der Waals surface area contributed by atoms with Gasteiger partial charge in [0.05, 0.1) is 6.04 Å². The summed E-state index contributed by atoms with van der Waals surface area (Å²) >= 11 is 0. The van der Waals surface area contributed by atoms with Crippen molar-refractivity contribution in [2.45, 2.75) is 44.7 Å². The number of nitrogens with one attached hydrogen (secondary N) is 1. The van der Waals surface area contributed by atoms with Crippen LogP contribution in [-0.4, -0.2) is 17.9 Å². The number of fused-ring (bicyclic) bond motifs is 1. The maximum Gasteiger partial charge on any atom is 0.180 e. The van der Waals surface area contributed by atoms with Crippen LogP contribution in [0, 0.1) is 6.92 Å². The minimum Gasteiger partial charge on any atom is -0.304 e. The van der Waals surface area contributed by atoms with Gasteiger partial charge in [-0.1, -0.05) is 17.7 Å². The minimum absolute atomic E-state index is 0.0711. The highest BCUT2D eigenvalue weighted by Crippen LogP contribution is 2.26. The summed E-state index contributed by atoms with van der Waals surface area (Å²) < 4.78 is 0. The van der Waals surface area contributed by atoms with Crippen LogP contribution in [0.4, 0.5) is 0 Å². The molecule has 1 N–H and O–H groups in total. The molecular formula is C14H17NO. The summed E-state index contributed by atoms with van der Waals surface area (Å²) in [6, 6.07) is 6.93. The molecule has 3 rings (SSSR count). The second-order valence-electron chi connectivity index (χ2n) is 5.06. The van der Waals surface area contributed by atoms with Crippen LogP contribution < -0.4 is 5.32 Å². The average Bonchev–Trinajstić information content (AvgIpc) is 3.07. The van der Waals surface area contributed by atoms with Gasteiger partial charge in [0.2, 0.25) is 0 Å². The highest BCUT2D eigenvalue weighted by atomic mass is 16.1. The number of Topliss-reactive ketones (excluding diaryl/α,β-unsaturated/α-hetero) is 1. The first-order chi connectivity index (χ1) is 7.74. The third-order valence-electron chi connectivity index (χ3n) is 3.56. The van der Waals surface area contributed by atoms with Crippen LogP contribution in [0.2, 0.25) is 0 Å². The summed E-state index contributed by atoms with van der Waals surface area (Å²) in [6.07, 6.45) is 4.48. The maximum absolute atomic E-state index is 12.3. The third kappa shape index (κ3) is 1.78. The molecule has 1 atom stereocenters. The predicted molar refractivity (Wildman–Crippen MR) is 63.8 cm³/mol. The molecule has 0 saturated heterocycles. The van der Waals surface area contributed by atoms with Crippen molar-refractivity contribution < 1.29 is 4.79 Å². The molecule has 0 amide bonds. The Hall–Kier alpha value is -1.15. The number of carbonyl (C=O) groups excluding carboxylic acids is 1. The highest BCUT2D eigenvalue weighted by Gasteiger charge is 2.32. The molecule has 0 radical (unpaired) electrons. The largest absolute Gasteiger partial charge is 0.304 e. The van der Waals surface area contributed by atoms with Crippen LogP contribution in [0.1, 0.15) is 40.7 Å². The second kappa shape index (κ2) is 3.70. The molecule has 0 heterocycles. The predicted octanol–water partition coefficient (Wildman–Crippen LogP) is 2.24. The van der Waals surface area contributed by atoms with E-state index in [1.54, 1.807) is 0 Å². The van der Waals surface area contributed by atoms with E-state index in [2.05, 4.69) is 17.4 Å². The number of benzene rings is 1. The molecule has 2 aliphatic rings. The van der Waals surface area contributed by atoms with E-state index in [4.69, 9.17) is 0 Å². The van der Waals surface area contributed by atoms with Gasteiger partial charge in [-0.3, -0.25) is 4.79 Å². The van der Waals surface area contributed by atoms with Gasteiger partial charge in [-0.2, -0.15) is 0 Å². The fourth-order valence-corrected chi connectivity index (χ4v) is 2.45. The number of rotatable bonds is 2. The summed E-state index contributed by atoms with van der Waals surface area (Å²) in [4.78, 5) is 12.3. The summed E-state index contributed by atoms with van der Waals surface area (Å²) in [5.41, 5.74) is 3.35. The van der Waals surface area contributed by atoms with Crippen molar-refractivity contribution in [3.8, 4) is 0 Å². The molecule has 0 spiro atoms. The molecule has 16 heavy (non-hydrogen) atoms. The molecule has 2 nitrogen and oxygen atoms in total. The van der Waals surface area contributed by atoms with Crippen LogP contribution in [0.5, 0.6) is 0 Å². The van der Waals surface area contributed by atoms with E-state index in [9.17, 15) is 4.79 Å². The zero-order valence-corrected chi connectivity index (χ0v) is 9.62. The van der Waals surface area contributed by atoms with Gasteiger partial charge >= 0.3 is 0 Å². The average molecular weight is 215 g/mol. The van der Waals surface area contributed by atoms with Gasteiger partial charge in [0, 0.05) is 11.6 Å². The van der Waals surface area contributed by atoms with E-state index in [-0.39, 0.29) is 6.04 Å². The Morgan fingerprint density at radius 3 is 2.81 bits per heavy atom. The fraction of sp³-hybridized carbons (Fsp3) is 0.500. The summed E-state index contributed by atoms with van der Waals surface area (Å²) in [6.45, 7) is 2.05. The Balaban J connectivity index is 1.87. The first kappa shape index (κ1) is 10.0. The van der Waals surface area contributed by atoms with Gasteiger partial charge < -0.3 is 5.32 Å². The lowest BCUT2D eigenvalue weighted by Gasteiger charge is -2.24. The molecule has 0 bridgehead atoms. The molecule has 0 aliphatic heterocycles. The Morgan fingerprint density at radius 2 is 2.06 bits per heavy atom. The van der Waals surface area contributed by atoms with Crippen LogP contribution in [0.15, 0.2) is 18.2 Å². The van der Waals surface area contributed by atoms with E-state index in [0.29, 0.717) is 11.8 Å². The molecule has 1 unspecified atom stereocenters. The van der Waals surface area contributed by atoms with Gasteiger partial charge in [0.25, 0.3) is 0 Å². The van der Waals surface area contributed by atoms with E-state index in [1.165, 1.54) is 24.0 Å². The maximum atomic E-state index is 12.3. The van der Waals surface area contributed by atoms with E-state index in [1.807, 2.05) is 13.0 Å². The van der Waals surface area contributed by atoms with Gasteiger partial charge in [0.15, 0.2) is 5.78 Å². The van der Waals surface area contributed by atoms with Crippen molar-refractivity contribution in [1.82, 2.24) is 5.32 Å². The molecule has 84 valence electrons. The Labute approximate surface area is 96.1 Å². The van der Waals surface area contributed by atoms with Crippen LogP contribution in [0.25, 0.3) is 0 Å². The van der Waals surface area contributed by atoms with Gasteiger partial charge in [-0.05, 0) is 44.2 Å². The Kier molecular flexibility index (Phi) is 2.32. The summed E-state index contributed by atoms with van der Waals surface area (Å²) in [7, 11) is 0. The summed E-state index contributed by atoms with van der Waals surface area (Å²) in [5.74, 6) is 0.303.